The Labute approximate surface area is 110 Å². The van der Waals surface area contributed by atoms with E-state index in [0.29, 0.717) is 24.2 Å². The van der Waals surface area contributed by atoms with Gasteiger partial charge in [-0.15, -0.1) is 0 Å². The second kappa shape index (κ2) is 5.65. The smallest absolute Gasteiger partial charge is 0.224 e. The first kappa shape index (κ1) is 13.3. The van der Waals surface area contributed by atoms with Crippen molar-refractivity contribution in [2.75, 3.05) is 12.8 Å². The molecule has 0 radical (unpaired) electrons. The monoisotopic (exact) mass is 269 g/mol. The molecule has 0 bridgehead atoms. The van der Waals surface area contributed by atoms with Crippen molar-refractivity contribution in [3.8, 4) is 0 Å². The molecule has 1 aliphatic heterocycles. The average molecular weight is 269 g/mol. The Morgan fingerprint density at radius 2 is 2.33 bits per heavy atom. The van der Waals surface area contributed by atoms with Crippen molar-refractivity contribution in [2.45, 2.75) is 38.0 Å². The fourth-order valence-electron chi connectivity index (χ4n) is 2.44. The lowest BCUT2D eigenvalue weighted by molar-refractivity contribution is -0.129. The fraction of sp³-hybridized carbons (Fsp3) is 0.667. The molecular weight excluding hydrogens is 250 g/mol. The van der Waals surface area contributed by atoms with Gasteiger partial charge in [-0.25, -0.2) is 4.98 Å². The zero-order valence-corrected chi connectivity index (χ0v) is 11.7. The molecule has 1 aromatic heterocycles. The minimum atomic E-state index is -1.12. The molecule has 6 heteroatoms. The SMILES string of the molecule is CCCC1CC(=O)N(Cn2ccnc2S(C)=O)C1. The highest BCUT2D eigenvalue weighted by atomic mass is 32.2. The van der Waals surface area contributed by atoms with Crippen molar-refractivity contribution < 1.29 is 9.00 Å². The van der Waals surface area contributed by atoms with Crippen LogP contribution in [0, 0.1) is 5.92 Å². The number of likely N-dealkylation sites (tertiary alicyclic amines) is 1. The van der Waals surface area contributed by atoms with Gasteiger partial charge < -0.3 is 9.47 Å². The van der Waals surface area contributed by atoms with Gasteiger partial charge in [0.15, 0.2) is 5.16 Å². The van der Waals surface area contributed by atoms with Crippen LogP contribution in [0.5, 0.6) is 0 Å². The summed E-state index contributed by atoms with van der Waals surface area (Å²) < 4.78 is 13.3. The minimum absolute atomic E-state index is 0.190. The van der Waals surface area contributed by atoms with Crippen LogP contribution in [-0.4, -0.2) is 37.4 Å². The predicted molar refractivity (Wildman–Crippen MR) is 69.3 cm³/mol. The molecule has 1 aliphatic rings. The molecule has 2 rings (SSSR count). The fourth-order valence-corrected chi connectivity index (χ4v) is 3.10. The van der Waals surface area contributed by atoms with Crippen LogP contribution >= 0.6 is 0 Å². The highest BCUT2D eigenvalue weighted by Crippen LogP contribution is 2.22. The molecule has 2 heterocycles. The van der Waals surface area contributed by atoms with E-state index in [-0.39, 0.29) is 5.91 Å². The number of carbonyl (C=O) groups excluding carboxylic acids is 1. The Morgan fingerprint density at radius 3 is 3.00 bits per heavy atom. The van der Waals surface area contributed by atoms with Crippen molar-refractivity contribution in [3.05, 3.63) is 12.4 Å². The second-order valence-corrected chi connectivity index (χ2v) is 6.02. The first-order chi connectivity index (χ1) is 8.61. The quantitative estimate of drug-likeness (QED) is 0.808. The van der Waals surface area contributed by atoms with Crippen molar-refractivity contribution in [1.29, 1.82) is 0 Å². The van der Waals surface area contributed by atoms with Gasteiger partial charge in [0.2, 0.25) is 5.91 Å². The van der Waals surface area contributed by atoms with Crippen LogP contribution in [0.4, 0.5) is 0 Å². The third-order valence-electron chi connectivity index (χ3n) is 3.25. The molecule has 1 saturated heterocycles. The number of rotatable bonds is 5. The minimum Gasteiger partial charge on any atom is -0.324 e. The lowest BCUT2D eigenvalue weighted by atomic mass is 10.0. The summed E-state index contributed by atoms with van der Waals surface area (Å²) in [6.07, 6.45) is 7.86. The molecule has 0 aromatic carbocycles. The largest absolute Gasteiger partial charge is 0.324 e. The van der Waals surface area contributed by atoms with Crippen LogP contribution < -0.4 is 0 Å². The summed E-state index contributed by atoms with van der Waals surface area (Å²) in [4.78, 5) is 17.8. The summed E-state index contributed by atoms with van der Waals surface area (Å²) >= 11 is 0. The molecule has 0 N–H and O–H groups in total. The van der Waals surface area contributed by atoms with Gasteiger partial charge in [0, 0.05) is 31.6 Å². The van der Waals surface area contributed by atoms with Crippen LogP contribution in [0.2, 0.25) is 0 Å². The van der Waals surface area contributed by atoms with Gasteiger partial charge >= 0.3 is 0 Å². The van der Waals surface area contributed by atoms with Crippen LogP contribution in [0.25, 0.3) is 0 Å². The van der Waals surface area contributed by atoms with Gasteiger partial charge in [-0.1, -0.05) is 13.3 Å². The molecule has 2 unspecified atom stereocenters. The summed E-state index contributed by atoms with van der Waals surface area (Å²) in [6.45, 7) is 3.41. The lowest BCUT2D eigenvalue weighted by Crippen LogP contribution is -2.28. The topological polar surface area (TPSA) is 55.2 Å². The standard InChI is InChI=1S/C12H19N3O2S/c1-3-4-10-7-11(16)15(8-10)9-14-6-5-13-12(14)18(2)17/h5-6,10H,3-4,7-9H2,1-2H3. The van der Waals surface area contributed by atoms with Crippen LogP contribution in [0.3, 0.4) is 0 Å². The first-order valence-corrected chi connectivity index (χ1v) is 7.80. The number of nitrogens with zero attached hydrogens (tertiary/aromatic N) is 3. The Bertz CT molecular complexity index is 458. The van der Waals surface area contributed by atoms with E-state index in [1.165, 1.54) is 0 Å². The molecule has 18 heavy (non-hydrogen) atoms. The Morgan fingerprint density at radius 1 is 1.56 bits per heavy atom. The molecule has 0 saturated carbocycles. The first-order valence-electron chi connectivity index (χ1n) is 6.24. The van der Waals surface area contributed by atoms with E-state index in [1.54, 1.807) is 23.2 Å². The van der Waals surface area contributed by atoms with Crippen molar-refractivity contribution in [2.24, 2.45) is 5.92 Å². The third kappa shape index (κ3) is 2.80. The van der Waals surface area contributed by atoms with E-state index in [0.717, 1.165) is 19.4 Å². The van der Waals surface area contributed by atoms with Crippen LogP contribution in [0.1, 0.15) is 26.2 Å². The Balaban J connectivity index is 2.03. The molecule has 2 atom stereocenters. The summed E-state index contributed by atoms with van der Waals surface area (Å²) in [5.74, 6) is 0.664. The van der Waals surface area contributed by atoms with E-state index >= 15 is 0 Å². The maximum atomic E-state index is 11.9. The summed E-state index contributed by atoms with van der Waals surface area (Å²) in [5, 5.41) is 0.529. The molecule has 0 spiro atoms. The van der Waals surface area contributed by atoms with E-state index in [4.69, 9.17) is 0 Å². The number of imidazole rings is 1. The molecule has 1 amide bonds. The van der Waals surface area contributed by atoms with Gasteiger partial charge in [0.1, 0.15) is 0 Å². The predicted octanol–water partition coefficient (Wildman–Crippen LogP) is 1.23. The number of aromatic nitrogens is 2. The van der Waals surface area contributed by atoms with Crippen LogP contribution in [0.15, 0.2) is 17.6 Å². The molecule has 0 aliphatic carbocycles. The molecule has 1 fully saturated rings. The van der Waals surface area contributed by atoms with Crippen LogP contribution in [-0.2, 0) is 22.3 Å². The average Bonchev–Trinajstić information content (AvgIpc) is 2.88. The normalized spacial score (nSPS) is 21.6. The summed E-state index contributed by atoms with van der Waals surface area (Å²) in [7, 11) is -1.12. The van der Waals surface area contributed by atoms with Gasteiger partial charge in [0.25, 0.3) is 0 Å². The molecular formula is C12H19N3O2S. The van der Waals surface area contributed by atoms with Crippen molar-refractivity contribution in [3.63, 3.8) is 0 Å². The Kier molecular flexibility index (Phi) is 4.16. The third-order valence-corrected chi connectivity index (χ3v) is 4.10. The number of amides is 1. The molecule has 1 aromatic rings. The zero-order valence-electron chi connectivity index (χ0n) is 10.8. The van der Waals surface area contributed by atoms with E-state index in [2.05, 4.69) is 11.9 Å². The van der Waals surface area contributed by atoms with Crippen molar-refractivity contribution in [1.82, 2.24) is 14.5 Å². The van der Waals surface area contributed by atoms with Crippen molar-refractivity contribution >= 4 is 16.7 Å². The second-order valence-electron chi connectivity index (χ2n) is 4.75. The van der Waals surface area contributed by atoms with Gasteiger partial charge in [-0.05, 0) is 12.3 Å². The van der Waals surface area contributed by atoms with E-state index in [9.17, 15) is 9.00 Å². The van der Waals surface area contributed by atoms with Gasteiger partial charge in [-0.2, -0.15) is 0 Å². The highest BCUT2D eigenvalue weighted by molar-refractivity contribution is 7.84. The van der Waals surface area contributed by atoms with E-state index < -0.39 is 10.8 Å². The zero-order chi connectivity index (χ0) is 13.1. The molecule has 100 valence electrons. The number of carbonyl (C=O) groups is 1. The Hall–Kier alpha value is -1.17. The number of hydrogen-bond acceptors (Lipinski definition) is 3. The van der Waals surface area contributed by atoms with Gasteiger partial charge in [0.05, 0.1) is 17.5 Å². The maximum Gasteiger partial charge on any atom is 0.224 e. The number of hydrogen-bond donors (Lipinski definition) is 0. The lowest BCUT2D eigenvalue weighted by Gasteiger charge is -2.18. The summed E-state index contributed by atoms with van der Waals surface area (Å²) in [6, 6.07) is 0. The highest BCUT2D eigenvalue weighted by Gasteiger charge is 2.29. The molecule has 5 nitrogen and oxygen atoms in total. The maximum absolute atomic E-state index is 11.9. The summed E-state index contributed by atoms with van der Waals surface area (Å²) in [5.41, 5.74) is 0. The van der Waals surface area contributed by atoms with E-state index in [1.807, 2.05) is 4.90 Å². The van der Waals surface area contributed by atoms with Gasteiger partial charge in [-0.3, -0.25) is 9.00 Å².